The molecule has 0 saturated carbocycles. The molecule has 1 aromatic heterocycles. The van der Waals surface area contributed by atoms with Crippen LogP contribution >= 0.6 is 0 Å². The quantitative estimate of drug-likeness (QED) is 0.648. The maximum atomic E-state index is 11.0. The first kappa shape index (κ1) is 13.5. The molecule has 1 saturated heterocycles. The molecule has 19 heavy (non-hydrogen) atoms. The maximum Gasteiger partial charge on any atom is 0.311 e. The average molecular weight is 265 g/mol. The summed E-state index contributed by atoms with van der Waals surface area (Å²) in [6.07, 6.45) is 2.28. The topological polar surface area (TPSA) is 88.5 Å². The van der Waals surface area contributed by atoms with Crippen LogP contribution in [0.3, 0.4) is 0 Å². The summed E-state index contributed by atoms with van der Waals surface area (Å²) in [6.45, 7) is 1.79. The molecule has 7 nitrogen and oxygen atoms in total. The third-order valence-corrected chi connectivity index (χ3v) is 3.59. The summed E-state index contributed by atoms with van der Waals surface area (Å²) in [7, 11) is 3.90. The minimum Gasteiger partial charge on any atom is -0.384 e. The summed E-state index contributed by atoms with van der Waals surface area (Å²) in [5, 5.41) is 11.0. The van der Waals surface area contributed by atoms with Gasteiger partial charge in [0.15, 0.2) is 0 Å². The van der Waals surface area contributed by atoms with E-state index in [9.17, 15) is 10.1 Å². The molecule has 1 aliphatic rings. The highest BCUT2D eigenvalue weighted by molar-refractivity contribution is 5.60. The lowest BCUT2D eigenvalue weighted by atomic mass is 10.2. The van der Waals surface area contributed by atoms with E-state index in [1.165, 1.54) is 18.6 Å². The Morgan fingerprint density at radius 2 is 2.37 bits per heavy atom. The van der Waals surface area contributed by atoms with Crippen LogP contribution in [0.15, 0.2) is 12.1 Å². The number of anilines is 2. The predicted octanol–water partition coefficient (Wildman–Crippen LogP) is 1.10. The smallest absolute Gasteiger partial charge is 0.311 e. The Morgan fingerprint density at radius 1 is 1.63 bits per heavy atom. The second-order valence-corrected chi connectivity index (χ2v) is 4.99. The highest BCUT2D eigenvalue weighted by Crippen LogP contribution is 2.27. The van der Waals surface area contributed by atoms with Crippen molar-refractivity contribution in [2.75, 3.05) is 37.8 Å². The SMILES string of the molecule is CN(CC1CCCN1C)c1nc(N)ccc1[N+](=O)[O-]. The summed E-state index contributed by atoms with van der Waals surface area (Å²) in [5.41, 5.74) is 5.63. The zero-order valence-corrected chi connectivity index (χ0v) is 11.2. The molecule has 1 fully saturated rings. The van der Waals surface area contributed by atoms with Crippen molar-refractivity contribution in [1.29, 1.82) is 0 Å². The highest BCUT2D eigenvalue weighted by atomic mass is 16.6. The van der Waals surface area contributed by atoms with Crippen LogP contribution in [0.2, 0.25) is 0 Å². The first-order chi connectivity index (χ1) is 8.99. The largest absolute Gasteiger partial charge is 0.384 e. The molecule has 1 unspecified atom stereocenters. The van der Waals surface area contributed by atoms with Crippen LogP contribution < -0.4 is 10.6 Å². The van der Waals surface area contributed by atoms with Crippen LogP contribution in [0.5, 0.6) is 0 Å². The van der Waals surface area contributed by atoms with Gasteiger partial charge in [-0.3, -0.25) is 10.1 Å². The van der Waals surface area contributed by atoms with Crippen LogP contribution in [-0.2, 0) is 0 Å². The van der Waals surface area contributed by atoms with E-state index in [2.05, 4.69) is 16.9 Å². The number of hydrogen-bond acceptors (Lipinski definition) is 6. The summed E-state index contributed by atoms with van der Waals surface area (Å²) in [4.78, 5) is 18.8. The van der Waals surface area contributed by atoms with Gasteiger partial charge in [0, 0.05) is 25.7 Å². The van der Waals surface area contributed by atoms with Crippen molar-refractivity contribution < 1.29 is 4.92 Å². The zero-order chi connectivity index (χ0) is 14.0. The molecule has 2 heterocycles. The molecule has 0 aliphatic carbocycles. The number of nitrogen functional groups attached to an aromatic ring is 1. The van der Waals surface area contributed by atoms with Gasteiger partial charge in [-0.25, -0.2) is 4.98 Å². The van der Waals surface area contributed by atoms with Crippen molar-refractivity contribution in [3.63, 3.8) is 0 Å². The lowest BCUT2D eigenvalue weighted by Crippen LogP contribution is -2.37. The fourth-order valence-electron chi connectivity index (χ4n) is 2.49. The van der Waals surface area contributed by atoms with Gasteiger partial charge in [-0.05, 0) is 32.5 Å². The van der Waals surface area contributed by atoms with E-state index in [1.54, 1.807) is 0 Å². The van der Waals surface area contributed by atoms with Crippen LogP contribution in [0.1, 0.15) is 12.8 Å². The Labute approximate surface area is 112 Å². The average Bonchev–Trinajstić information content (AvgIpc) is 2.74. The molecule has 0 aromatic carbocycles. The molecule has 0 radical (unpaired) electrons. The number of nitrogens with zero attached hydrogens (tertiary/aromatic N) is 4. The van der Waals surface area contributed by atoms with Gasteiger partial charge in [-0.15, -0.1) is 0 Å². The van der Waals surface area contributed by atoms with E-state index in [1.807, 2.05) is 11.9 Å². The van der Waals surface area contributed by atoms with Gasteiger partial charge in [-0.1, -0.05) is 0 Å². The van der Waals surface area contributed by atoms with Gasteiger partial charge < -0.3 is 15.5 Å². The van der Waals surface area contributed by atoms with Crippen molar-refractivity contribution in [1.82, 2.24) is 9.88 Å². The monoisotopic (exact) mass is 265 g/mol. The van der Waals surface area contributed by atoms with Gasteiger partial charge in [0.1, 0.15) is 5.82 Å². The van der Waals surface area contributed by atoms with E-state index >= 15 is 0 Å². The third-order valence-electron chi connectivity index (χ3n) is 3.59. The Kier molecular flexibility index (Phi) is 3.84. The lowest BCUT2D eigenvalue weighted by Gasteiger charge is -2.26. The molecule has 2 rings (SSSR count). The number of likely N-dealkylation sites (tertiary alicyclic amines) is 1. The zero-order valence-electron chi connectivity index (χ0n) is 11.2. The van der Waals surface area contributed by atoms with Crippen LogP contribution in [-0.4, -0.2) is 48.0 Å². The van der Waals surface area contributed by atoms with Crippen molar-refractivity contribution in [3.05, 3.63) is 22.2 Å². The Hall–Kier alpha value is -1.89. The first-order valence-electron chi connectivity index (χ1n) is 6.31. The van der Waals surface area contributed by atoms with Crippen molar-refractivity contribution >= 4 is 17.3 Å². The molecule has 1 aromatic rings. The molecule has 0 bridgehead atoms. The molecule has 0 spiro atoms. The standard InChI is InChI=1S/C12H19N5O2/c1-15-7-3-4-9(15)8-16(2)12-10(17(18)19)5-6-11(13)14-12/h5-6,9H,3-4,7-8H2,1-2H3,(H2,13,14). The van der Waals surface area contributed by atoms with Crippen LogP contribution in [0.25, 0.3) is 0 Å². The highest BCUT2D eigenvalue weighted by Gasteiger charge is 2.26. The van der Waals surface area contributed by atoms with Gasteiger partial charge in [-0.2, -0.15) is 0 Å². The number of hydrogen-bond donors (Lipinski definition) is 1. The van der Waals surface area contributed by atoms with Gasteiger partial charge in [0.25, 0.3) is 0 Å². The summed E-state index contributed by atoms with van der Waals surface area (Å²) < 4.78 is 0. The summed E-state index contributed by atoms with van der Waals surface area (Å²) in [6, 6.07) is 3.27. The molecule has 1 aliphatic heterocycles. The lowest BCUT2D eigenvalue weighted by molar-refractivity contribution is -0.384. The van der Waals surface area contributed by atoms with Crippen LogP contribution in [0, 0.1) is 10.1 Å². The normalized spacial score (nSPS) is 19.6. The molecular weight excluding hydrogens is 246 g/mol. The van der Waals surface area contributed by atoms with Crippen LogP contribution in [0.4, 0.5) is 17.3 Å². The minimum absolute atomic E-state index is 0.00245. The fraction of sp³-hybridized carbons (Fsp3) is 0.583. The van der Waals surface area contributed by atoms with Gasteiger partial charge in [0.2, 0.25) is 5.82 Å². The van der Waals surface area contributed by atoms with Crippen molar-refractivity contribution in [2.45, 2.75) is 18.9 Å². The van der Waals surface area contributed by atoms with E-state index in [-0.39, 0.29) is 5.69 Å². The second kappa shape index (κ2) is 5.40. The molecule has 0 amide bonds. The molecule has 7 heteroatoms. The van der Waals surface area contributed by atoms with E-state index in [0.29, 0.717) is 24.2 Å². The Morgan fingerprint density at radius 3 is 2.95 bits per heavy atom. The number of pyridine rings is 1. The number of likely N-dealkylation sites (N-methyl/N-ethyl adjacent to an activating group) is 2. The number of rotatable bonds is 4. The molecular formula is C12H19N5O2. The first-order valence-corrected chi connectivity index (χ1v) is 6.31. The minimum atomic E-state index is -0.420. The van der Waals surface area contributed by atoms with Crippen molar-refractivity contribution in [2.24, 2.45) is 0 Å². The molecule has 1 atom stereocenters. The van der Waals surface area contributed by atoms with E-state index in [4.69, 9.17) is 5.73 Å². The second-order valence-electron chi connectivity index (χ2n) is 4.99. The fourth-order valence-corrected chi connectivity index (χ4v) is 2.49. The van der Waals surface area contributed by atoms with Gasteiger partial charge >= 0.3 is 5.69 Å². The summed E-state index contributed by atoms with van der Waals surface area (Å²) in [5.74, 6) is 0.637. The maximum absolute atomic E-state index is 11.0. The number of aromatic nitrogens is 1. The number of nitro groups is 1. The predicted molar refractivity (Wildman–Crippen MR) is 74.2 cm³/mol. The Balaban J connectivity index is 2.20. The van der Waals surface area contributed by atoms with E-state index in [0.717, 1.165) is 13.0 Å². The molecule has 104 valence electrons. The number of nitrogens with two attached hydrogens (primary N) is 1. The van der Waals surface area contributed by atoms with Crippen molar-refractivity contribution in [3.8, 4) is 0 Å². The third kappa shape index (κ3) is 2.93. The Bertz CT molecular complexity index is 479. The van der Waals surface area contributed by atoms with Gasteiger partial charge in [0.05, 0.1) is 4.92 Å². The molecule has 2 N–H and O–H groups in total. The van der Waals surface area contributed by atoms with E-state index < -0.39 is 4.92 Å². The summed E-state index contributed by atoms with van der Waals surface area (Å²) >= 11 is 0.